The van der Waals surface area contributed by atoms with Crippen LogP contribution in [0.3, 0.4) is 0 Å². The van der Waals surface area contributed by atoms with Gasteiger partial charge in [0.1, 0.15) is 10.9 Å². The standard InChI is InChI=1S/C19H18N2O6S2/c22-16(20-5-3-12(4-6-20)18(24)25)9-21-17(23)15(29-19(21)28)8-11-1-2-13-14(7-11)27-10-26-13/h1-2,7-8,12H,3-6,9-10H2,(H,24,25). The fraction of sp³-hybridized carbons (Fsp3) is 0.368. The first-order valence-electron chi connectivity index (χ1n) is 9.08. The lowest BCUT2D eigenvalue weighted by atomic mass is 9.97. The fourth-order valence-electron chi connectivity index (χ4n) is 3.40. The third-order valence-electron chi connectivity index (χ3n) is 5.06. The van der Waals surface area contributed by atoms with E-state index in [1.807, 2.05) is 6.07 Å². The van der Waals surface area contributed by atoms with Crippen LogP contribution in [-0.4, -0.2) is 63.4 Å². The molecule has 10 heteroatoms. The maximum absolute atomic E-state index is 12.8. The highest BCUT2D eigenvalue weighted by Gasteiger charge is 2.35. The van der Waals surface area contributed by atoms with Gasteiger partial charge in [0, 0.05) is 13.1 Å². The number of amides is 2. The van der Waals surface area contributed by atoms with E-state index in [1.54, 1.807) is 23.1 Å². The molecule has 2 fully saturated rings. The maximum Gasteiger partial charge on any atom is 0.306 e. The van der Waals surface area contributed by atoms with E-state index in [1.165, 1.54) is 4.90 Å². The fourth-order valence-corrected chi connectivity index (χ4v) is 4.66. The number of rotatable bonds is 4. The zero-order chi connectivity index (χ0) is 20.5. The molecule has 1 aromatic rings. The monoisotopic (exact) mass is 434 g/mol. The molecular formula is C19H18N2O6S2. The molecule has 0 spiro atoms. The molecule has 3 aliphatic rings. The average Bonchev–Trinajstić information content (AvgIpc) is 3.27. The first-order chi connectivity index (χ1) is 13.9. The lowest BCUT2D eigenvalue weighted by Crippen LogP contribution is -2.46. The van der Waals surface area contributed by atoms with Crippen molar-refractivity contribution in [3.05, 3.63) is 28.7 Å². The molecule has 8 nitrogen and oxygen atoms in total. The minimum Gasteiger partial charge on any atom is -0.481 e. The van der Waals surface area contributed by atoms with E-state index in [4.69, 9.17) is 26.8 Å². The van der Waals surface area contributed by atoms with Crippen LogP contribution in [0, 0.1) is 5.92 Å². The van der Waals surface area contributed by atoms with Gasteiger partial charge in [0.15, 0.2) is 11.5 Å². The Bertz CT molecular complexity index is 923. The molecule has 2 saturated heterocycles. The van der Waals surface area contributed by atoms with Crippen molar-refractivity contribution in [3.63, 3.8) is 0 Å². The number of carboxylic acid groups (broad SMARTS) is 1. The van der Waals surface area contributed by atoms with Crippen molar-refractivity contribution >= 4 is 52.2 Å². The normalized spacial score (nSPS) is 20.6. The average molecular weight is 434 g/mol. The number of hydrogen-bond acceptors (Lipinski definition) is 7. The van der Waals surface area contributed by atoms with Crippen molar-refractivity contribution < 1.29 is 29.0 Å². The molecule has 0 aliphatic carbocycles. The zero-order valence-corrected chi connectivity index (χ0v) is 17.0. The molecule has 0 aromatic heterocycles. The number of ether oxygens (including phenoxy) is 2. The van der Waals surface area contributed by atoms with Crippen LogP contribution >= 0.6 is 24.0 Å². The number of fused-ring (bicyclic) bond motifs is 1. The quantitative estimate of drug-likeness (QED) is 0.567. The molecule has 4 rings (SSSR count). The molecule has 0 atom stereocenters. The number of likely N-dealkylation sites (tertiary alicyclic amines) is 1. The van der Waals surface area contributed by atoms with Gasteiger partial charge in [-0.15, -0.1) is 0 Å². The van der Waals surface area contributed by atoms with Gasteiger partial charge in [0.2, 0.25) is 12.7 Å². The Morgan fingerprint density at radius 2 is 1.97 bits per heavy atom. The number of carbonyl (C=O) groups excluding carboxylic acids is 2. The van der Waals surface area contributed by atoms with Gasteiger partial charge >= 0.3 is 5.97 Å². The van der Waals surface area contributed by atoms with Crippen molar-refractivity contribution in [1.29, 1.82) is 0 Å². The van der Waals surface area contributed by atoms with Crippen molar-refractivity contribution in [2.45, 2.75) is 12.8 Å². The summed E-state index contributed by atoms with van der Waals surface area (Å²) in [5.74, 6) is -0.509. The molecule has 29 heavy (non-hydrogen) atoms. The second kappa shape index (κ2) is 8.03. The largest absolute Gasteiger partial charge is 0.481 e. The summed E-state index contributed by atoms with van der Waals surface area (Å²) in [6, 6.07) is 5.38. The number of nitrogens with zero attached hydrogens (tertiary/aromatic N) is 2. The van der Waals surface area contributed by atoms with Crippen molar-refractivity contribution in [2.24, 2.45) is 5.92 Å². The highest BCUT2D eigenvalue weighted by molar-refractivity contribution is 8.26. The Kier molecular flexibility index (Phi) is 5.46. The van der Waals surface area contributed by atoms with Crippen LogP contribution in [0.2, 0.25) is 0 Å². The Balaban J connectivity index is 1.41. The van der Waals surface area contributed by atoms with Gasteiger partial charge in [0.05, 0.1) is 10.8 Å². The number of thioether (sulfide) groups is 1. The van der Waals surface area contributed by atoms with E-state index in [2.05, 4.69) is 0 Å². The molecular weight excluding hydrogens is 416 g/mol. The summed E-state index contributed by atoms with van der Waals surface area (Å²) in [5.41, 5.74) is 0.775. The van der Waals surface area contributed by atoms with Crippen molar-refractivity contribution in [2.75, 3.05) is 26.4 Å². The van der Waals surface area contributed by atoms with Crippen LogP contribution in [0.5, 0.6) is 11.5 Å². The van der Waals surface area contributed by atoms with E-state index in [0.717, 1.165) is 17.3 Å². The first-order valence-corrected chi connectivity index (χ1v) is 10.3. The number of thiocarbonyl (C=S) groups is 1. The maximum atomic E-state index is 12.8. The van der Waals surface area contributed by atoms with Crippen LogP contribution < -0.4 is 9.47 Å². The molecule has 1 aromatic carbocycles. The third kappa shape index (κ3) is 4.08. The molecule has 2 amide bonds. The highest BCUT2D eigenvalue weighted by Crippen LogP contribution is 2.36. The van der Waals surface area contributed by atoms with E-state index in [9.17, 15) is 14.4 Å². The van der Waals surface area contributed by atoms with Gasteiger partial charge < -0.3 is 19.5 Å². The molecule has 3 aliphatic heterocycles. The molecule has 0 radical (unpaired) electrons. The van der Waals surface area contributed by atoms with Gasteiger partial charge in [0.25, 0.3) is 5.91 Å². The number of piperidine rings is 1. The third-order valence-corrected chi connectivity index (χ3v) is 6.44. The Hall–Kier alpha value is -2.59. The number of carbonyl (C=O) groups is 3. The van der Waals surface area contributed by atoms with E-state index in [-0.39, 0.29) is 25.2 Å². The van der Waals surface area contributed by atoms with Crippen molar-refractivity contribution in [1.82, 2.24) is 9.80 Å². The number of hydrogen-bond donors (Lipinski definition) is 1. The summed E-state index contributed by atoms with van der Waals surface area (Å²) >= 11 is 6.45. The SMILES string of the molecule is O=C(O)C1CCN(C(=O)CN2C(=O)C(=Cc3ccc4c(c3)OCO4)SC2=S)CC1. The Morgan fingerprint density at radius 3 is 2.69 bits per heavy atom. The van der Waals surface area contributed by atoms with E-state index in [0.29, 0.717) is 46.7 Å². The number of aliphatic carboxylic acids is 1. The summed E-state index contributed by atoms with van der Waals surface area (Å²) < 4.78 is 11.0. The Labute approximate surface area is 176 Å². The van der Waals surface area contributed by atoms with Crippen LogP contribution in [0.4, 0.5) is 0 Å². The Morgan fingerprint density at radius 1 is 1.24 bits per heavy atom. The predicted octanol–water partition coefficient (Wildman–Crippen LogP) is 1.94. The molecule has 1 N–H and O–H groups in total. The van der Waals surface area contributed by atoms with Gasteiger partial charge in [-0.2, -0.15) is 0 Å². The van der Waals surface area contributed by atoms with Crippen LogP contribution in [-0.2, 0) is 14.4 Å². The minimum atomic E-state index is -0.831. The molecule has 0 bridgehead atoms. The van der Waals surface area contributed by atoms with E-state index >= 15 is 0 Å². The summed E-state index contributed by atoms with van der Waals surface area (Å²) in [6.07, 6.45) is 2.55. The van der Waals surface area contributed by atoms with Crippen molar-refractivity contribution in [3.8, 4) is 11.5 Å². The number of benzene rings is 1. The lowest BCUT2D eigenvalue weighted by molar-refractivity contribution is -0.146. The van der Waals surface area contributed by atoms with Crippen LogP contribution in [0.1, 0.15) is 18.4 Å². The topological polar surface area (TPSA) is 96.4 Å². The van der Waals surface area contributed by atoms with Crippen LogP contribution in [0.15, 0.2) is 23.1 Å². The second-order valence-corrected chi connectivity index (χ2v) is 8.55. The lowest BCUT2D eigenvalue weighted by Gasteiger charge is -2.31. The van der Waals surface area contributed by atoms with E-state index < -0.39 is 11.9 Å². The smallest absolute Gasteiger partial charge is 0.306 e. The first kappa shape index (κ1) is 19.7. The highest BCUT2D eigenvalue weighted by atomic mass is 32.2. The van der Waals surface area contributed by atoms with Gasteiger partial charge in [-0.25, -0.2) is 0 Å². The van der Waals surface area contributed by atoms with Crippen LogP contribution in [0.25, 0.3) is 6.08 Å². The second-order valence-electron chi connectivity index (χ2n) is 6.87. The molecule has 0 unspecified atom stereocenters. The summed E-state index contributed by atoms with van der Waals surface area (Å²) in [5, 5.41) is 9.07. The predicted molar refractivity (Wildman–Crippen MR) is 109 cm³/mol. The molecule has 0 saturated carbocycles. The summed E-state index contributed by atoms with van der Waals surface area (Å²) in [6.45, 7) is 0.781. The van der Waals surface area contributed by atoms with Gasteiger partial charge in [-0.1, -0.05) is 30.0 Å². The summed E-state index contributed by atoms with van der Waals surface area (Å²) in [4.78, 5) is 39.7. The molecule has 152 valence electrons. The zero-order valence-electron chi connectivity index (χ0n) is 15.3. The van der Waals surface area contributed by atoms with Gasteiger partial charge in [-0.05, 0) is 36.6 Å². The molecule has 3 heterocycles. The minimum absolute atomic E-state index is 0.138. The van der Waals surface area contributed by atoms with Gasteiger partial charge in [-0.3, -0.25) is 19.3 Å². The summed E-state index contributed by atoms with van der Waals surface area (Å²) in [7, 11) is 0. The number of carboxylic acids is 1.